The summed E-state index contributed by atoms with van der Waals surface area (Å²) in [6, 6.07) is 0. The first-order valence-electron chi connectivity index (χ1n) is 14.2. The molecule has 1 saturated carbocycles. The van der Waals surface area contributed by atoms with Gasteiger partial charge in [0.15, 0.2) is 0 Å². The maximum Gasteiger partial charge on any atom is -0.0290 e. The van der Waals surface area contributed by atoms with Crippen molar-refractivity contribution < 1.29 is 0 Å². The van der Waals surface area contributed by atoms with E-state index in [2.05, 4.69) is 107 Å². The molecule has 2 aliphatic carbocycles. The van der Waals surface area contributed by atoms with E-state index in [1.54, 1.807) is 0 Å². The second-order valence-electron chi connectivity index (χ2n) is 12.7. The van der Waals surface area contributed by atoms with E-state index in [0.29, 0.717) is 11.8 Å². The van der Waals surface area contributed by atoms with Crippen LogP contribution in [-0.2, 0) is 0 Å². The van der Waals surface area contributed by atoms with E-state index in [-0.39, 0.29) is 0 Å². The molecule has 0 nitrogen and oxygen atoms in total. The average molecular weight is 447 g/mol. The van der Waals surface area contributed by atoms with Crippen LogP contribution in [0.15, 0.2) is 24.3 Å². The van der Waals surface area contributed by atoms with Gasteiger partial charge >= 0.3 is 0 Å². The third-order valence-corrected chi connectivity index (χ3v) is 7.71. The van der Waals surface area contributed by atoms with Crippen molar-refractivity contribution in [2.75, 3.05) is 0 Å². The molecule has 0 bridgehead atoms. The normalized spacial score (nSPS) is 26.2. The Hall–Kier alpha value is -0.520. The molecule has 32 heavy (non-hydrogen) atoms. The Kier molecular flexibility index (Phi) is 16.7. The summed E-state index contributed by atoms with van der Waals surface area (Å²) in [4.78, 5) is 0. The van der Waals surface area contributed by atoms with Crippen molar-refractivity contribution >= 4 is 0 Å². The quantitative estimate of drug-likeness (QED) is 0.356. The fraction of sp³-hybridized carbons (Fsp3) is 0.875. The van der Waals surface area contributed by atoms with Gasteiger partial charge in [-0.1, -0.05) is 120 Å². The van der Waals surface area contributed by atoms with Gasteiger partial charge in [0, 0.05) is 0 Å². The summed E-state index contributed by atoms with van der Waals surface area (Å²) >= 11 is 0. The molecule has 0 aromatic carbocycles. The van der Waals surface area contributed by atoms with Crippen LogP contribution in [0.4, 0.5) is 0 Å². The smallest absolute Gasteiger partial charge is 0.0290 e. The van der Waals surface area contributed by atoms with Gasteiger partial charge in [-0.15, -0.1) is 0 Å². The second-order valence-corrected chi connectivity index (χ2v) is 12.7. The minimum Gasteiger partial charge on any atom is -0.0882 e. The van der Waals surface area contributed by atoms with Crippen molar-refractivity contribution in [2.24, 2.45) is 59.2 Å². The minimum absolute atomic E-state index is 0.706. The number of rotatable bonds is 6. The number of hydrogen-bond acceptors (Lipinski definition) is 0. The average Bonchev–Trinajstić information content (AvgIpc) is 2.73. The van der Waals surface area contributed by atoms with Crippen molar-refractivity contribution in [1.82, 2.24) is 0 Å². The van der Waals surface area contributed by atoms with E-state index >= 15 is 0 Å². The first-order valence-corrected chi connectivity index (χ1v) is 14.2. The summed E-state index contributed by atoms with van der Waals surface area (Å²) in [5.74, 6) is 8.79. The third kappa shape index (κ3) is 13.3. The van der Waals surface area contributed by atoms with Crippen LogP contribution in [0.1, 0.15) is 122 Å². The molecule has 0 radical (unpaired) electrons. The molecule has 4 atom stereocenters. The molecule has 0 heterocycles. The van der Waals surface area contributed by atoms with Crippen LogP contribution < -0.4 is 0 Å². The van der Waals surface area contributed by atoms with E-state index in [4.69, 9.17) is 0 Å². The van der Waals surface area contributed by atoms with Gasteiger partial charge in [0.05, 0.1) is 0 Å². The molecule has 0 spiro atoms. The molecular formula is C32H62. The standard InChI is InChI=1S/C12H24.C12H22.C8H16/c2*1-9(2)11-7-5-6-8-12(11)10(3)4;1-7(2)5-6-8(3)4/h9-12H,5-8H2,1-4H3;5-6,9-12H,7-8H2,1-4H3;5-8H,1-4H3/b;;6-5-. The zero-order chi connectivity index (χ0) is 24.8. The molecule has 0 amide bonds. The lowest BCUT2D eigenvalue weighted by Crippen LogP contribution is -2.27. The van der Waals surface area contributed by atoms with Gasteiger partial charge in [-0.3, -0.25) is 0 Å². The summed E-state index contributed by atoms with van der Waals surface area (Å²) < 4.78 is 0. The highest BCUT2D eigenvalue weighted by molar-refractivity contribution is 4.96. The largest absolute Gasteiger partial charge is 0.0882 e. The van der Waals surface area contributed by atoms with Gasteiger partial charge < -0.3 is 0 Å². The zero-order valence-electron chi connectivity index (χ0n) is 24.3. The van der Waals surface area contributed by atoms with Gasteiger partial charge in [0.25, 0.3) is 0 Å². The van der Waals surface area contributed by atoms with Crippen LogP contribution in [0.25, 0.3) is 0 Å². The second kappa shape index (κ2) is 17.0. The van der Waals surface area contributed by atoms with Crippen molar-refractivity contribution in [3.05, 3.63) is 24.3 Å². The molecule has 1 fully saturated rings. The fourth-order valence-corrected chi connectivity index (χ4v) is 5.68. The molecule has 190 valence electrons. The maximum absolute atomic E-state index is 2.39. The van der Waals surface area contributed by atoms with Gasteiger partial charge in [-0.2, -0.15) is 0 Å². The van der Waals surface area contributed by atoms with Crippen LogP contribution >= 0.6 is 0 Å². The predicted molar refractivity (Wildman–Crippen MR) is 149 cm³/mol. The highest BCUT2D eigenvalue weighted by Crippen LogP contribution is 2.39. The Bertz CT molecular complexity index is 444. The van der Waals surface area contributed by atoms with Gasteiger partial charge in [-0.05, 0) is 84.9 Å². The number of hydrogen-bond donors (Lipinski definition) is 0. The molecule has 0 N–H and O–H groups in total. The van der Waals surface area contributed by atoms with E-state index in [0.717, 1.165) is 47.3 Å². The van der Waals surface area contributed by atoms with Crippen molar-refractivity contribution in [3.8, 4) is 0 Å². The lowest BCUT2D eigenvalue weighted by Gasteiger charge is -2.37. The van der Waals surface area contributed by atoms with E-state index in [1.807, 2.05) is 0 Å². The molecule has 0 aromatic heterocycles. The van der Waals surface area contributed by atoms with Gasteiger partial charge in [0.1, 0.15) is 0 Å². The Morgan fingerprint density at radius 2 is 0.750 bits per heavy atom. The van der Waals surface area contributed by atoms with Gasteiger partial charge in [-0.25, -0.2) is 0 Å². The lowest BCUT2D eigenvalue weighted by atomic mass is 9.69. The Balaban J connectivity index is 0.000000462. The van der Waals surface area contributed by atoms with Crippen LogP contribution in [0.3, 0.4) is 0 Å². The van der Waals surface area contributed by atoms with E-state index in [1.165, 1.54) is 38.5 Å². The van der Waals surface area contributed by atoms with Crippen LogP contribution in [0, 0.1) is 59.2 Å². The first kappa shape index (κ1) is 31.5. The highest BCUT2D eigenvalue weighted by atomic mass is 14.3. The van der Waals surface area contributed by atoms with E-state index < -0.39 is 0 Å². The first-order chi connectivity index (χ1) is 14.9. The summed E-state index contributed by atoms with van der Waals surface area (Å²) in [5.41, 5.74) is 0. The molecular weight excluding hydrogens is 384 g/mol. The fourth-order valence-electron chi connectivity index (χ4n) is 5.68. The Morgan fingerprint density at radius 3 is 0.969 bits per heavy atom. The molecule has 0 saturated heterocycles. The summed E-state index contributed by atoms with van der Waals surface area (Å²) in [6.45, 7) is 27.8. The topological polar surface area (TPSA) is 0 Å². The van der Waals surface area contributed by atoms with Crippen LogP contribution in [-0.4, -0.2) is 0 Å². The van der Waals surface area contributed by atoms with Gasteiger partial charge in [0.2, 0.25) is 0 Å². The minimum atomic E-state index is 0.706. The third-order valence-electron chi connectivity index (χ3n) is 7.71. The summed E-state index contributed by atoms with van der Waals surface area (Å²) in [7, 11) is 0. The van der Waals surface area contributed by atoms with Crippen LogP contribution in [0.5, 0.6) is 0 Å². The molecule has 0 heteroatoms. The van der Waals surface area contributed by atoms with Crippen molar-refractivity contribution in [3.63, 3.8) is 0 Å². The molecule has 0 aliphatic heterocycles. The molecule has 2 aliphatic rings. The monoisotopic (exact) mass is 446 g/mol. The number of allylic oxidation sites excluding steroid dienone is 4. The lowest BCUT2D eigenvalue weighted by molar-refractivity contribution is 0.136. The van der Waals surface area contributed by atoms with Crippen molar-refractivity contribution in [2.45, 2.75) is 122 Å². The molecule has 0 aromatic rings. The zero-order valence-corrected chi connectivity index (χ0v) is 24.3. The maximum atomic E-state index is 2.39. The highest BCUT2D eigenvalue weighted by Gasteiger charge is 2.29. The summed E-state index contributed by atoms with van der Waals surface area (Å²) in [6.07, 6.45) is 17.8. The SMILES string of the molecule is CC(C)/C=C\C(C)C.CC(C)C1CC=CCC1C(C)C.CC(C)C1CCCCC1C(C)C. The van der Waals surface area contributed by atoms with Crippen molar-refractivity contribution in [1.29, 1.82) is 0 Å². The van der Waals surface area contributed by atoms with Crippen LogP contribution in [0.2, 0.25) is 0 Å². The predicted octanol–water partition coefficient (Wildman–Crippen LogP) is 10.8. The summed E-state index contributed by atoms with van der Waals surface area (Å²) in [5, 5.41) is 0. The van der Waals surface area contributed by atoms with E-state index in [9.17, 15) is 0 Å². The molecule has 2 rings (SSSR count). The molecule has 4 unspecified atom stereocenters. The Labute approximate surface area is 205 Å². The Morgan fingerprint density at radius 1 is 0.469 bits per heavy atom.